The molecule has 1 aliphatic carbocycles. The molecule has 1 saturated carbocycles. The third-order valence-corrected chi connectivity index (χ3v) is 5.73. The van der Waals surface area contributed by atoms with Gasteiger partial charge in [0.1, 0.15) is 0 Å². The number of benzene rings is 1. The van der Waals surface area contributed by atoms with Crippen molar-refractivity contribution >= 4 is 10.8 Å². The van der Waals surface area contributed by atoms with Crippen LogP contribution >= 0.6 is 0 Å². The third-order valence-electron chi connectivity index (χ3n) is 3.90. The second-order valence-electron chi connectivity index (χ2n) is 5.28. The Morgan fingerprint density at radius 2 is 2.00 bits per heavy atom. The molecule has 0 spiro atoms. The van der Waals surface area contributed by atoms with Gasteiger partial charge in [-0.05, 0) is 37.3 Å². The van der Waals surface area contributed by atoms with Gasteiger partial charge in [0, 0.05) is 10.9 Å². The van der Waals surface area contributed by atoms with Crippen molar-refractivity contribution < 1.29 is 4.21 Å². The molecule has 0 bridgehead atoms. The van der Waals surface area contributed by atoms with Crippen LogP contribution in [0.4, 0.5) is 0 Å². The molecule has 2 rings (SSSR count). The van der Waals surface area contributed by atoms with Crippen molar-refractivity contribution in [3.8, 4) is 0 Å². The molecule has 2 nitrogen and oxygen atoms in total. The monoisotopic (exact) mass is 265 g/mol. The summed E-state index contributed by atoms with van der Waals surface area (Å²) in [6.07, 6.45) is 5.71. The normalized spacial score (nSPS) is 30.0. The van der Waals surface area contributed by atoms with Crippen LogP contribution in [0.3, 0.4) is 0 Å². The van der Waals surface area contributed by atoms with Crippen molar-refractivity contribution in [1.29, 1.82) is 0 Å². The molecule has 100 valence electrons. The Labute approximate surface area is 112 Å². The van der Waals surface area contributed by atoms with Crippen LogP contribution in [0.25, 0.3) is 0 Å². The lowest BCUT2D eigenvalue weighted by Gasteiger charge is -2.33. The molecule has 4 unspecified atom stereocenters. The Hall–Kier alpha value is -0.670. The van der Waals surface area contributed by atoms with Gasteiger partial charge in [-0.3, -0.25) is 4.21 Å². The summed E-state index contributed by atoms with van der Waals surface area (Å²) in [4.78, 5) is 0.926. The van der Waals surface area contributed by atoms with Crippen LogP contribution in [-0.2, 0) is 10.8 Å². The van der Waals surface area contributed by atoms with E-state index in [2.05, 4.69) is 6.92 Å². The number of hydrogen-bond acceptors (Lipinski definition) is 2. The zero-order chi connectivity index (χ0) is 13.0. The van der Waals surface area contributed by atoms with Crippen molar-refractivity contribution in [1.82, 2.24) is 0 Å². The van der Waals surface area contributed by atoms with Gasteiger partial charge >= 0.3 is 0 Å². The van der Waals surface area contributed by atoms with Gasteiger partial charge in [-0.15, -0.1) is 0 Å². The first-order valence-electron chi connectivity index (χ1n) is 6.93. The third kappa shape index (κ3) is 3.21. The van der Waals surface area contributed by atoms with Gasteiger partial charge in [0.25, 0.3) is 0 Å². The fourth-order valence-corrected chi connectivity index (χ4v) is 4.56. The van der Waals surface area contributed by atoms with Crippen LogP contribution in [0.1, 0.15) is 39.0 Å². The molecule has 0 amide bonds. The van der Waals surface area contributed by atoms with Crippen LogP contribution in [0, 0.1) is 5.92 Å². The molecule has 1 aromatic rings. The fraction of sp³-hybridized carbons (Fsp3) is 0.600. The highest BCUT2D eigenvalue weighted by Crippen LogP contribution is 2.31. The Kier molecular flexibility index (Phi) is 4.95. The summed E-state index contributed by atoms with van der Waals surface area (Å²) in [5.74, 6) is 0.715. The second-order valence-corrected chi connectivity index (χ2v) is 6.95. The molecule has 0 heterocycles. The lowest BCUT2D eigenvalue weighted by atomic mass is 9.83. The summed E-state index contributed by atoms with van der Waals surface area (Å²) in [7, 11) is -0.949. The number of nitrogens with two attached hydrogens (primary N) is 1. The van der Waals surface area contributed by atoms with Gasteiger partial charge in [-0.25, -0.2) is 0 Å². The van der Waals surface area contributed by atoms with E-state index in [1.54, 1.807) is 0 Å². The topological polar surface area (TPSA) is 43.1 Å². The van der Waals surface area contributed by atoms with Crippen LogP contribution in [0.5, 0.6) is 0 Å². The van der Waals surface area contributed by atoms with Crippen molar-refractivity contribution in [3.63, 3.8) is 0 Å². The molecule has 1 aliphatic rings. The summed E-state index contributed by atoms with van der Waals surface area (Å²) < 4.78 is 12.6. The standard InChI is InChI=1S/C15H23NOS/c1-2-6-12-9-10-14(16)15(11-12)18(17)13-7-4-3-5-8-13/h3-5,7-8,12,14-15H,2,6,9-11,16H2,1H3. The molecule has 4 atom stereocenters. The smallest absolute Gasteiger partial charge is 0.0576 e. The van der Waals surface area contributed by atoms with Crippen molar-refractivity contribution in [2.24, 2.45) is 11.7 Å². The molecule has 2 N–H and O–H groups in total. The minimum Gasteiger partial charge on any atom is -0.327 e. The largest absolute Gasteiger partial charge is 0.327 e. The average Bonchev–Trinajstić information content (AvgIpc) is 2.41. The summed E-state index contributed by atoms with van der Waals surface area (Å²) in [5, 5.41) is 0.137. The van der Waals surface area contributed by atoms with Crippen LogP contribution in [0.2, 0.25) is 0 Å². The molecule has 3 heteroatoms. The number of hydrogen-bond donors (Lipinski definition) is 1. The maximum atomic E-state index is 12.6. The van der Waals surface area contributed by atoms with Crippen molar-refractivity contribution in [2.75, 3.05) is 0 Å². The molecule has 0 aliphatic heterocycles. The predicted octanol–water partition coefficient (Wildman–Crippen LogP) is 3.09. The van der Waals surface area contributed by atoms with E-state index in [-0.39, 0.29) is 11.3 Å². The lowest BCUT2D eigenvalue weighted by Crippen LogP contribution is -2.42. The van der Waals surface area contributed by atoms with Gasteiger partial charge in [-0.1, -0.05) is 38.0 Å². The first-order chi connectivity index (χ1) is 8.72. The molecule has 1 fully saturated rings. The van der Waals surface area contributed by atoms with Gasteiger partial charge in [-0.2, -0.15) is 0 Å². The zero-order valence-corrected chi connectivity index (χ0v) is 11.9. The Morgan fingerprint density at radius 3 is 2.67 bits per heavy atom. The van der Waals surface area contributed by atoms with Gasteiger partial charge < -0.3 is 5.73 Å². The molecular formula is C15H23NOS. The highest BCUT2D eigenvalue weighted by atomic mass is 32.2. The summed E-state index contributed by atoms with van der Waals surface area (Å²) >= 11 is 0. The van der Waals surface area contributed by atoms with E-state index in [1.807, 2.05) is 30.3 Å². The molecule has 0 radical (unpaired) electrons. The quantitative estimate of drug-likeness (QED) is 0.909. The van der Waals surface area contributed by atoms with E-state index in [1.165, 1.54) is 19.3 Å². The van der Waals surface area contributed by atoms with E-state index in [4.69, 9.17) is 5.73 Å². The predicted molar refractivity (Wildman–Crippen MR) is 76.9 cm³/mol. The first-order valence-corrected chi connectivity index (χ1v) is 8.15. The summed E-state index contributed by atoms with van der Waals surface area (Å²) in [6.45, 7) is 2.22. The van der Waals surface area contributed by atoms with E-state index in [9.17, 15) is 4.21 Å². The maximum Gasteiger partial charge on any atom is 0.0576 e. The van der Waals surface area contributed by atoms with Crippen LogP contribution in [0.15, 0.2) is 35.2 Å². The van der Waals surface area contributed by atoms with E-state index in [0.717, 1.165) is 17.7 Å². The van der Waals surface area contributed by atoms with E-state index >= 15 is 0 Å². The molecule has 18 heavy (non-hydrogen) atoms. The lowest BCUT2D eigenvalue weighted by molar-refractivity contribution is 0.313. The van der Waals surface area contributed by atoms with Gasteiger partial charge in [0.05, 0.1) is 16.0 Å². The molecule has 0 saturated heterocycles. The molecule has 0 aromatic heterocycles. The molecule has 1 aromatic carbocycles. The Balaban J connectivity index is 2.08. The average molecular weight is 265 g/mol. The maximum absolute atomic E-state index is 12.6. The number of rotatable bonds is 4. The minimum atomic E-state index is -0.949. The van der Waals surface area contributed by atoms with Gasteiger partial charge in [0.2, 0.25) is 0 Å². The van der Waals surface area contributed by atoms with Gasteiger partial charge in [0.15, 0.2) is 0 Å². The van der Waals surface area contributed by atoms with Crippen LogP contribution in [-0.4, -0.2) is 15.5 Å². The summed E-state index contributed by atoms with van der Waals surface area (Å²) in [5.41, 5.74) is 6.18. The highest BCUT2D eigenvalue weighted by molar-refractivity contribution is 7.85. The summed E-state index contributed by atoms with van der Waals surface area (Å²) in [6, 6.07) is 9.86. The van der Waals surface area contributed by atoms with Crippen LogP contribution < -0.4 is 5.73 Å². The van der Waals surface area contributed by atoms with E-state index < -0.39 is 10.8 Å². The highest BCUT2D eigenvalue weighted by Gasteiger charge is 2.32. The zero-order valence-electron chi connectivity index (χ0n) is 11.0. The second kappa shape index (κ2) is 6.48. The first kappa shape index (κ1) is 13.8. The fourth-order valence-electron chi connectivity index (χ4n) is 2.88. The molecular weight excluding hydrogens is 242 g/mol. The van der Waals surface area contributed by atoms with E-state index in [0.29, 0.717) is 5.92 Å². The minimum absolute atomic E-state index is 0.0964. The van der Waals surface area contributed by atoms with Crippen molar-refractivity contribution in [3.05, 3.63) is 30.3 Å². The van der Waals surface area contributed by atoms with Crippen molar-refractivity contribution in [2.45, 2.75) is 55.2 Å². The Bertz CT molecular complexity index is 393. The Morgan fingerprint density at radius 1 is 1.28 bits per heavy atom. The SMILES string of the molecule is CCCC1CCC(N)C(S(=O)c2ccccc2)C1.